The lowest BCUT2D eigenvalue weighted by molar-refractivity contribution is 0.493. The number of rotatable bonds is 5. The maximum absolute atomic E-state index is 6.56. The van der Waals surface area contributed by atoms with E-state index >= 15 is 0 Å². The van der Waals surface area contributed by atoms with Crippen molar-refractivity contribution in [2.75, 3.05) is 4.90 Å². The van der Waals surface area contributed by atoms with Crippen molar-refractivity contribution in [2.45, 2.75) is 19.8 Å². The highest BCUT2D eigenvalue weighted by Gasteiger charge is 2.34. The standard InChI is InChI=1S/C41H31NO/c1-4-5-16-32-27(3)43-37(24-28-13-7-6-8-14-28)41(32)42-23-12-20-31-26(2)38-36(42)22-21-30-25-29-15-11-19-35(39(29)40(30)38)34-18-10-9-17-33(31)34/h4-23H,1-2,24-25H2,3H3/b16-5-,23-12-,31-20+. The molecule has 43 heavy (non-hydrogen) atoms. The Balaban J connectivity index is 1.45. The number of benzene rings is 4. The summed E-state index contributed by atoms with van der Waals surface area (Å²) in [7, 11) is 0. The van der Waals surface area contributed by atoms with Gasteiger partial charge in [0.2, 0.25) is 0 Å². The van der Waals surface area contributed by atoms with Crippen molar-refractivity contribution in [2.24, 2.45) is 0 Å². The van der Waals surface area contributed by atoms with Crippen LogP contribution in [0, 0.1) is 6.92 Å². The first kappa shape index (κ1) is 25.4. The van der Waals surface area contributed by atoms with Crippen LogP contribution in [-0.4, -0.2) is 0 Å². The Labute approximate surface area is 252 Å². The second kappa shape index (κ2) is 9.89. The topological polar surface area (TPSA) is 16.4 Å². The monoisotopic (exact) mass is 553 g/mol. The van der Waals surface area contributed by atoms with Crippen molar-refractivity contribution in [1.29, 1.82) is 0 Å². The van der Waals surface area contributed by atoms with E-state index in [9.17, 15) is 0 Å². The van der Waals surface area contributed by atoms with Crippen molar-refractivity contribution >= 4 is 28.6 Å². The van der Waals surface area contributed by atoms with Gasteiger partial charge in [-0.2, -0.15) is 0 Å². The summed E-state index contributed by atoms with van der Waals surface area (Å²) in [5, 5.41) is 0. The summed E-state index contributed by atoms with van der Waals surface area (Å²) < 4.78 is 6.56. The number of anilines is 2. The second-order valence-electron chi connectivity index (χ2n) is 11.4. The lowest BCUT2D eigenvalue weighted by Gasteiger charge is -2.31. The number of nitrogens with zero attached hydrogens (tertiary/aromatic N) is 1. The fourth-order valence-corrected chi connectivity index (χ4v) is 7.12. The zero-order valence-electron chi connectivity index (χ0n) is 24.2. The molecule has 2 heteroatoms. The van der Waals surface area contributed by atoms with Gasteiger partial charge >= 0.3 is 0 Å². The first-order valence-corrected chi connectivity index (χ1v) is 14.8. The Hall–Kier alpha value is -5.34. The molecule has 5 aromatic rings. The Morgan fingerprint density at radius 3 is 2.42 bits per heavy atom. The molecule has 4 aromatic carbocycles. The molecule has 2 nitrogen and oxygen atoms in total. The second-order valence-corrected chi connectivity index (χ2v) is 11.4. The van der Waals surface area contributed by atoms with Gasteiger partial charge in [-0.1, -0.05) is 110 Å². The van der Waals surface area contributed by atoms with Crippen LogP contribution in [0.4, 0.5) is 11.4 Å². The minimum atomic E-state index is 0.686. The third kappa shape index (κ3) is 3.87. The molecule has 0 saturated heterocycles. The molecule has 0 unspecified atom stereocenters. The molecule has 0 amide bonds. The molecule has 1 aromatic heterocycles. The van der Waals surface area contributed by atoms with Gasteiger partial charge in [-0.25, -0.2) is 0 Å². The van der Waals surface area contributed by atoms with Crippen LogP contribution >= 0.6 is 0 Å². The van der Waals surface area contributed by atoms with E-state index < -0.39 is 0 Å². The fourth-order valence-electron chi connectivity index (χ4n) is 7.12. The van der Waals surface area contributed by atoms with Gasteiger partial charge in [0.15, 0.2) is 0 Å². The molecule has 2 heterocycles. The summed E-state index contributed by atoms with van der Waals surface area (Å²) in [6.45, 7) is 10.8. The van der Waals surface area contributed by atoms with E-state index in [0.717, 1.165) is 46.0 Å². The molecular formula is C41H31NO. The van der Waals surface area contributed by atoms with Gasteiger partial charge < -0.3 is 9.32 Å². The van der Waals surface area contributed by atoms with E-state index in [1.165, 1.54) is 50.1 Å². The van der Waals surface area contributed by atoms with Crippen molar-refractivity contribution in [3.05, 3.63) is 173 Å². The van der Waals surface area contributed by atoms with Gasteiger partial charge in [0.25, 0.3) is 0 Å². The van der Waals surface area contributed by atoms with E-state index in [4.69, 9.17) is 11.0 Å². The van der Waals surface area contributed by atoms with Gasteiger partial charge in [0.05, 0.1) is 11.4 Å². The van der Waals surface area contributed by atoms with Crippen LogP contribution in [0.25, 0.3) is 39.5 Å². The molecule has 0 fully saturated rings. The van der Waals surface area contributed by atoms with E-state index in [0.29, 0.717) is 6.42 Å². The van der Waals surface area contributed by atoms with Crippen LogP contribution < -0.4 is 4.90 Å². The smallest absolute Gasteiger partial charge is 0.133 e. The summed E-state index contributed by atoms with van der Waals surface area (Å²) >= 11 is 0. The van der Waals surface area contributed by atoms with Crippen LogP contribution in [0.15, 0.2) is 133 Å². The summed E-state index contributed by atoms with van der Waals surface area (Å²) in [6, 6.07) is 30.7. The van der Waals surface area contributed by atoms with Crippen molar-refractivity contribution in [1.82, 2.24) is 0 Å². The number of furan rings is 1. The molecule has 3 aliphatic rings. The van der Waals surface area contributed by atoms with E-state index in [1.807, 2.05) is 19.1 Å². The average Bonchev–Trinajstić information content (AvgIpc) is 3.55. The zero-order valence-corrected chi connectivity index (χ0v) is 24.2. The van der Waals surface area contributed by atoms with Crippen LogP contribution in [0.2, 0.25) is 0 Å². The highest BCUT2D eigenvalue weighted by molar-refractivity contribution is 6.17. The number of aryl methyl sites for hydroxylation is 1. The number of hydrogen-bond acceptors (Lipinski definition) is 2. The lowest BCUT2D eigenvalue weighted by Crippen LogP contribution is -2.15. The molecular weight excluding hydrogens is 522 g/mol. The van der Waals surface area contributed by atoms with Crippen LogP contribution in [0.3, 0.4) is 0 Å². The minimum absolute atomic E-state index is 0.686. The van der Waals surface area contributed by atoms with Gasteiger partial charge in [0, 0.05) is 23.7 Å². The Kier molecular flexibility index (Phi) is 5.84. The Morgan fingerprint density at radius 2 is 1.58 bits per heavy atom. The predicted octanol–water partition coefficient (Wildman–Crippen LogP) is 10.7. The Bertz CT molecular complexity index is 2060. The van der Waals surface area contributed by atoms with Gasteiger partial charge in [-0.05, 0) is 87.2 Å². The maximum atomic E-state index is 6.56. The van der Waals surface area contributed by atoms with E-state index in [1.54, 1.807) is 0 Å². The first-order valence-electron chi connectivity index (χ1n) is 14.8. The lowest BCUT2D eigenvalue weighted by atomic mass is 9.78. The highest BCUT2D eigenvalue weighted by Crippen LogP contribution is 2.55. The number of hydrogen-bond donors (Lipinski definition) is 0. The number of allylic oxidation sites excluding steroid dienone is 6. The molecule has 0 atom stereocenters. The predicted molar refractivity (Wildman–Crippen MR) is 180 cm³/mol. The quantitative estimate of drug-likeness (QED) is 0.197. The first-order chi connectivity index (χ1) is 21.1. The minimum Gasteiger partial charge on any atom is -0.463 e. The SMILES string of the molecule is C=C/C=C\c1c(C)oc(Cc2ccccc2)c1N1/C=C\C=C2/C(=C)c3c1ccc1c3-c3c(cccc3-c3ccccc32)C1. The van der Waals surface area contributed by atoms with Crippen LogP contribution in [-0.2, 0) is 12.8 Å². The molecule has 0 radical (unpaired) electrons. The molecule has 0 spiro atoms. The third-order valence-electron chi connectivity index (χ3n) is 8.97. The summed E-state index contributed by atoms with van der Waals surface area (Å²) in [5.74, 6) is 1.81. The summed E-state index contributed by atoms with van der Waals surface area (Å²) in [6.07, 6.45) is 14.1. The average molecular weight is 554 g/mol. The van der Waals surface area contributed by atoms with Gasteiger partial charge in [0.1, 0.15) is 11.5 Å². The molecule has 1 aliphatic heterocycles. The van der Waals surface area contributed by atoms with Gasteiger partial charge in [-0.3, -0.25) is 0 Å². The molecule has 0 N–H and O–H groups in total. The summed E-state index contributed by atoms with van der Waals surface area (Å²) in [5.41, 5.74) is 16.9. The third-order valence-corrected chi connectivity index (χ3v) is 8.97. The van der Waals surface area contributed by atoms with Crippen LogP contribution in [0.1, 0.15) is 44.9 Å². The van der Waals surface area contributed by atoms with E-state index in [2.05, 4.69) is 121 Å². The highest BCUT2D eigenvalue weighted by atomic mass is 16.3. The molecule has 2 aliphatic carbocycles. The number of fused-ring (bicyclic) bond motifs is 4. The van der Waals surface area contributed by atoms with E-state index in [-0.39, 0.29) is 0 Å². The maximum Gasteiger partial charge on any atom is 0.133 e. The molecule has 0 saturated carbocycles. The fraction of sp³-hybridized carbons (Fsp3) is 0.0732. The largest absolute Gasteiger partial charge is 0.463 e. The molecule has 206 valence electrons. The van der Waals surface area contributed by atoms with Crippen molar-refractivity contribution in [3.8, 4) is 22.3 Å². The molecule has 8 rings (SSSR count). The zero-order chi connectivity index (χ0) is 29.1. The normalized spacial score (nSPS) is 16.2. The van der Waals surface area contributed by atoms with Crippen molar-refractivity contribution in [3.63, 3.8) is 0 Å². The molecule has 2 bridgehead atoms. The summed E-state index contributed by atoms with van der Waals surface area (Å²) in [4.78, 5) is 2.32. The van der Waals surface area contributed by atoms with Crippen molar-refractivity contribution < 1.29 is 4.42 Å². The van der Waals surface area contributed by atoms with Crippen LogP contribution in [0.5, 0.6) is 0 Å². The Morgan fingerprint density at radius 1 is 0.814 bits per heavy atom. The van der Waals surface area contributed by atoms with Gasteiger partial charge in [-0.15, -0.1) is 0 Å².